The van der Waals surface area contributed by atoms with E-state index in [1.165, 1.54) is 5.69 Å². The third-order valence-electron chi connectivity index (χ3n) is 2.85. The Balaban J connectivity index is 2.47. The van der Waals surface area contributed by atoms with Gasteiger partial charge in [0.25, 0.3) is 0 Å². The molecule has 0 aliphatic rings. The van der Waals surface area contributed by atoms with E-state index >= 15 is 0 Å². The van der Waals surface area contributed by atoms with Crippen molar-refractivity contribution in [1.82, 2.24) is 14.8 Å². The summed E-state index contributed by atoms with van der Waals surface area (Å²) in [4.78, 5) is 6.42. The number of aliphatic imine (C=N–C) groups is 1. The largest absolute Gasteiger partial charge is 0.356 e. The summed E-state index contributed by atoms with van der Waals surface area (Å²) in [6.07, 6.45) is 7.30. The van der Waals surface area contributed by atoms with Crippen LogP contribution in [0, 0.1) is 0 Å². The van der Waals surface area contributed by atoms with Crippen LogP contribution < -0.4 is 5.32 Å². The number of rotatable bonds is 5. The van der Waals surface area contributed by atoms with Crippen molar-refractivity contribution < 1.29 is 0 Å². The van der Waals surface area contributed by atoms with Gasteiger partial charge in [-0.1, -0.05) is 12.2 Å². The first-order valence-corrected chi connectivity index (χ1v) is 6.32. The highest BCUT2D eigenvalue weighted by Gasteiger charge is 2.07. The maximum absolute atomic E-state index is 4.29. The summed E-state index contributed by atoms with van der Waals surface area (Å²) in [5.41, 5.74) is 1.27. The predicted octanol–water partition coefficient (Wildman–Crippen LogP) is 2.00. The van der Waals surface area contributed by atoms with Gasteiger partial charge < -0.3 is 14.8 Å². The molecule has 18 heavy (non-hydrogen) atoms. The molecule has 1 heterocycles. The lowest BCUT2D eigenvalue weighted by atomic mass is 10.4. The summed E-state index contributed by atoms with van der Waals surface area (Å²) in [5, 5.41) is 3.35. The van der Waals surface area contributed by atoms with E-state index in [0.29, 0.717) is 0 Å². The van der Waals surface area contributed by atoms with Crippen molar-refractivity contribution in [3.63, 3.8) is 0 Å². The van der Waals surface area contributed by atoms with E-state index < -0.39 is 0 Å². The predicted molar refractivity (Wildman–Crippen MR) is 77.7 cm³/mol. The number of aryl methyl sites for hydroxylation is 1. The van der Waals surface area contributed by atoms with Gasteiger partial charge in [0.05, 0.1) is 6.54 Å². The van der Waals surface area contributed by atoms with Gasteiger partial charge in [0.1, 0.15) is 0 Å². The molecule has 1 aromatic heterocycles. The van der Waals surface area contributed by atoms with Crippen LogP contribution in [0.3, 0.4) is 0 Å². The van der Waals surface area contributed by atoms with Gasteiger partial charge in [0, 0.05) is 39.6 Å². The lowest BCUT2D eigenvalue weighted by Gasteiger charge is -2.22. The van der Waals surface area contributed by atoms with Crippen molar-refractivity contribution in [3.8, 4) is 0 Å². The molecule has 100 valence electrons. The van der Waals surface area contributed by atoms with E-state index in [2.05, 4.69) is 64.4 Å². The minimum absolute atomic E-state index is 0.854. The molecule has 0 bridgehead atoms. The summed E-state index contributed by atoms with van der Waals surface area (Å²) >= 11 is 0. The van der Waals surface area contributed by atoms with E-state index in [1.807, 2.05) is 14.0 Å². The molecule has 1 rings (SSSR count). The number of guanidine groups is 1. The third kappa shape index (κ3) is 4.28. The lowest BCUT2D eigenvalue weighted by molar-refractivity contribution is 0.462. The Bertz CT molecular complexity index is 404. The van der Waals surface area contributed by atoms with Gasteiger partial charge in [0.2, 0.25) is 0 Å². The minimum Gasteiger partial charge on any atom is -0.356 e. The number of nitrogens with zero attached hydrogens (tertiary/aromatic N) is 3. The Kier molecular flexibility index (Phi) is 6.05. The van der Waals surface area contributed by atoms with Crippen LogP contribution in [0.25, 0.3) is 0 Å². The fourth-order valence-electron chi connectivity index (χ4n) is 1.80. The molecular weight excluding hydrogens is 224 g/mol. The Morgan fingerprint density at radius 2 is 2.33 bits per heavy atom. The highest BCUT2D eigenvalue weighted by molar-refractivity contribution is 5.79. The zero-order chi connectivity index (χ0) is 13.4. The minimum atomic E-state index is 0.854. The number of nitrogens with one attached hydrogen (secondary N) is 1. The van der Waals surface area contributed by atoms with Crippen LogP contribution in [-0.4, -0.2) is 36.1 Å². The maximum atomic E-state index is 4.29. The zero-order valence-electron chi connectivity index (χ0n) is 11.8. The molecule has 0 amide bonds. The molecule has 1 aromatic rings. The summed E-state index contributed by atoms with van der Waals surface area (Å²) in [6, 6.07) is 4.19. The van der Waals surface area contributed by atoms with Crippen LogP contribution in [0.5, 0.6) is 0 Å². The standard InChI is InChI=1S/C14H24N4/c1-5-6-7-10-16-14(15-2)18(4)12-13-9-8-11-17(13)3/h5-6,8-9,11H,7,10,12H2,1-4H3,(H,15,16)/b6-5+. The monoisotopic (exact) mass is 248 g/mol. The molecule has 0 aliphatic heterocycles. The highest BCUT2D eigenvalue weighted by Crippen LogP contribution is 2.03. The fourth-order valence-corrected chi connectivity index (χ4v) is 1.80. The Hall–Kier alpha value is -1.71. The SMILES string of the molecule is C/C=C/CCNC(=NC)N(C)Cc1cccn1C. The Morgan fingerprint density at radius 1 is 1.56 bits per heavy atom. The zero-order valence-corrected chi connectivity index (χ0v) is 11.8. The lowest BCUT2D eigenvalue weighted by Crippen LogP contribution is -2.39. The molecule has 4 nitrogen and oxygen atoms in total. The number of allylic oxidation sites excluding steroid dienone is 1. The van der Waals surface area contributed by atoms with Crippen LogP contribution in [0.15, 0.2) is 35.5 Å². The smallest absolute Gasteiger partial charge is 0.193 e. The van der Waals surface area contributed by atoms with Crippen molar-refractivity contribution in [3.05, 3.63) is 36.2 Å². The third-order valence-corrected chi connectivity index (χ3v) is 2.85. The van der Waals surface area contributed by atoms with Crippen molar-refractivity contribution in [2.45, 2.75) is 19.9 Å². The molecule has 0 saturated heterocycles. The first-order chi connectivity index (χ1) is 8.69. The first-order valence-electron chi connectivity index (χ1n) is 6.32. The maximum Gasteiger partial charge on any atom is 0.193 e. The van der Waals surface area contributed by atoms with Gasteiger partial charge in [-0.3, -0.25) is 4.99 Å². The molecule has 0 aromatic carbocycles. The fraction of sp³-hybridized carbons (Fsp3) is 0.500. The molecule has 0 aliphatic carbocycles. The average molecular weight is 248 g/mol. The summed E-state index contributed by atoms with van der Waals surface area (Å²) in [7, 11) is 5.93. The second kappa shape index (κ2) is 7.58. The highest BCUT2D eigenvalue weighted by atomic mass is 15.3. The van der Waals surface area contributed by atoms with Gasteiger partial charge in [-0.2, -0.15) is 0 Å². The summed E-state index contributed by atoms with van der Waals surface area (Å²) in [6.45, 7) is 3.80. The Morgan fingerprint density at radius 3 is 2.89 bits per heavy atom. The molecule has 0 spiro atoms. The molecule has 0 atom stereocenters. The molecule has 4 heteroatoms. The van der Waals surface area contributed by atoms with E-state index in [-0.39, 0.29) is 0 Å². The molecule has 0 fully saturated rings. The normalized spacial score (nSPS) is 12.1. The molecule has 0 saturated carbocycles. The number of hydrogen-bond acceptors (Lipinski definition) is 1. The topological polar surface area (TPSA) is 32.6 Å². The molecule has 0 unspecified atom stereocenters. The summed E-state index contributed by atoms with van der Waals surface area (Å²) < 4.78 is 2.13. The van der Waals surface area contributed by atoms with E-state index in [0.717, 1.165) is 25.5 Å². The van der Waals surface area contributed by atoms with Gasteiger partial charge in [-0.05, 0) is 25.5 Å². The van der Waals surface area contributed by atoms with Gasteiger partial charge in [0.15, 0.2) is 5.96 Å². The Labute approximate surface area is 110 Å². The van der Waals surface area contributed by atoms with Crippen LogP contribution in [0.1, 0.15) is 19.0 Å². The number of hydrogen-bond donors (Lipinski definition) is 1. The average Bonchev–Trinajstić information content (AvgIpc) is 2.75. The molecular formula is C14H24N4. The van der Waals surface area contributed by atoms with E-state index in [1.54, 1.807) is 0 Å². The van der Waals surface area contributed by atoms with Crippen LogP contribution in [0.2, 0.25) is 0 Å². The van der Waals surface area contributed by atoms with Crippen LogP contribution in [0.4, 0.5) is 0 Å². The van der Waals surface area contributed by atoms with Gasteiger partial charge in [-0.25, -0.2) is 0 Å². The van der Waals surface area contributed by atoms with Gasteiger partial charge >= 0.3 is 0 Å². The van der Waals surface area contributed by atoms with Crippen molar-refractivity contribution >= 4 is 5.96 Å². The number of aromatic nitrogens is 1. The van der Waals surface area contributed by atoms with Crippen molar-refractivity contribution in [2.24, 2.45) is 12.0 Å². The first kappa shape index (κ1) is 14.4. The van der Waals surface area contributed by atoms with Crippen LogP contribution in [-0.2, 0) is 13.6 Å². The van der Waals surface area contributed by atoms with Gasteiger partial charge in [-0.15, -0.1) is 0 Å². The quantitative estimate of drug-likeness (QED) is 0.374. The second-order valence-corrected chi connectivity index (χ2v) is 4.30. The van der Waals surface area contributed by atoms with Crippen molar-refractivity contribution in [2.75, 3.05) is 20.6 Å². The summed E-state index contributed by atoms with van der Waals surface area (Å²) in [5.74, 6) is 0.931. The van der Waals surface area contributed by atoms with E-state index in [9.17, 15) is 0 Å². The second-order valence-electron chi connectivity index (χ2n) is 4.30. The molecule has 0 radical (unpaired) electrons. The van der Waals surface area contributed by atoms with Crippen molar-refractivity contribution in [1.29, 1.82) is 0 Å². The molecule has 1 N–H and O–H groups in total. The van der Waals surface area contributed by atoms with E-state index in [4.69, 9.17) is 0 Å². The van der Waals surface area contributed by atoms with Crippen LogP contribution >= 0.6 is 0 Å².